The smallest absolute Gasteiger partial charge is 0.0580 e. The molecule has 0 aromatic carbocycles. The van der Waals surface area contributed by atoms with E-state index in [4.69, 9.17) is 5.73 Å². The van der Waals surface area contributed by atoms with E-state index in [9.17, 15) is 0 Å². The molecule has 2 heterocycles. The van der Waals surface area contributed by atoms with Gasteiger partial charge in [0.15, 0.2) is 0 Å². The summed E-state index contributed by atoms with van der Waals surface area (Å²) in [5, 5.41) is 6.19. The number of nitrogen functional groups attached to an aromatic ring is 1. The van der Waals surface area contributed by atoms with Gasteiger partial charge in [0.2, 0.25) is 0 Å². The highest BCUT2D eigenvalue weighted by atomic mass is 32.1. The fourth-order valence-electron chi connectivity index (χ4n) is 0.947. The first-order valence-corrected chi connectivity index (χ1v) is 5.06. The van der Waals surface area contributed by atoms with E-state index in [0.717, 1.165) is 5.69 Å². The summed E-state index contributed by atoms with van der Waals surface area (Å²) < 4.78 is 0. The second-order valence-corrected chi connectivity index (χ2v) is 3.91. The van der Waals surface area contributed by atoms with Gasteiger partial charge in [-0.2, -0.15) is 11.3 Å². The van der Waals surface area contributed by atoms with Crippen LogP contribution in [-0.2, 0) is 0 Å². The van der Waals surface area contributed by atoms with Crippen molar-refractivity contribution in [2.75, 3.05) is 5.73 Å². The zero-order valence-electron chi connectivity index (χ0n) is 5.78. The third-order valence-electron chi connectivity index (χ3n) is 1.48. The zero-order chi connectivity index (χ0) is 7.68. The van der Waals surface area contributed by atoms with Crippen LogP contribution in [0.2, 0.25) is 0 Å². The van der Waals surface area contributed by atoms with Gasteiger partial charge in [-0.15, -0.1) is 11.3 Å². The van der Waals surface area contributed by atoms with Gasteiger partial charge < -0.3 is 5.73 Å². The molecule has 0 atom stereocenters. The number of nitrogens with two attached hydrogens (primary N) is 1. The quantitative estimate of drug-likeness (QED) is 0.719. The molecule has 56 valence electrons. The van der Waals surface area contributed by atoms with Gasteiger partial charge in [-0.05, 0) is 28.3 Å². The molecule has 0 spiro atoms. The summed E-state index contributed by atoms with van der Waals surface area (Å²) in [6.07, 6.45) is 0. The lowest BCUT2D eigenvalue weighted by Gasteiger charge is -1.92. The van der Waals surface area contributed by atoms with E-state index in [1.807, 2.05) is 11.4 Å². The van der Waals surface area contributed by atoms with Crippen LogP contribution in [0.5, 0.6) is 0 Å². The molecule has 0 bridgehead atoms. The summed E-state index contributed by atoms with van der Waals surface area (Å²) >= 11 is 3.39. The molecule has 2 aromatic rings. The van der Waals surface area contributed by atoms with Gasteiger partial charge in [0.05, 0.1) is 10.6 Å². The van der Waals surface area contributed by atoms with Gasteiger partial charge in [0.25, 0.3) is 0 Å². The van der Waals surface area contributed by atoms with E-state index in [1.54, 1.807) is 22.7 Å². The minimum atomic E-state index is 0.883. The summed E-state index contributed by atoms with van der Waals surface area (Å²) in [7, 11) is 0. The molecule has 2 aromatic heterocycles. The largest absolute Gasteiger partial charge is 0.398 e. The Balaban J connectivity index is 2.53. The van der Waals surface area contributed by atoms with E-state index in [-0.39, 0.29) is 0 Å². The van der Waals surface area contributed by atoms with Crippen LogP contribution in [0.4, 0.5) is 5.69 Å². The van der Waals surface area contributed by atoms with E-state index >= 15 is 0 Å². The molecule has 2 rings (SSSR count). The molecular formula is C8H7NS2. The van der Waals surface area contributed by atoms with Crippen molar-refractivity contribution in [3.05, 3.63) is 28.3 Å². The highest BCUT2D eigenvalue weighted by Gasteiger charge is 2.02. The highest BCUT2D eigenvalue weighted by Crippen LogP contribution is 2.32. The average molecular weight is 181 g/mol. The van der Waals surface area contributed by atoms with Crippen LogP contribution in [0.1, 0.15) is 0 Å². The zero-order valence-corrected chi connectivity index (χ0v) is 7.41. The van der Waals surface area contributed by atoms with Crippen LogP contribution in [-0.4, -0.2) is 0 Å². The molecule has 0 aliphatic rings. The number of rotatable bonds is 1. The maximum absolute atomic E-state index is 5.75. The molecule has 0 amide bonds. The van der Waals surface area contributed by atoms with Crippen LogP contribution < -0.4 is 5.73 Å². The van der Waals surface area contributed by atoms with E-state index in [0.29, 0.717) is 0 Å². The van der Waals surface area contributed by atoms with Gasteiger partial charge in [-0.3, -0.25) is 0 Å². The maximum Gasteiger partial charge on any atom is 0.0580 e. The first-order valence-electron chi connectivity index (χ1n) is 3.23. The van der Waals surface area contributed by atoms with Gasteiger partial charge in [-0.1, -0.05) is 0 Å². The van der Waals surface area contributed by atoms with E-state index in [1.165, 1.54) is 10.4 Å². The Morgan fingerprint density at radius 2 is 2.09 bits per heavy atom. The number of hydrogen-bond acceptors (Lipinski definition) is 3. The molecule has 0 saturated carbocycles. The highest BCUT2D eigenvalue weighted by molar-refractivity contribution is 7.15. The first kappa shape index (κ1) is 6.88. The summed E-state index contributed by atoms with van der Waals surface area (Å²) in [6, 6.07) is 4.03. The Hall–Kier alpha value is -0.800. The molecular weight excluding hydrogens is 174 g/mol. The van der Waals surface area contributed by atoms with Crippen LogP contribution in [0.15, 0.2) is 28.3 Å². The second kappa shape index (κ2) is 2.68. The predicted octanol–water partition coefficient (Wildman–Crippen LogP) is 3.06. The second-order valence-electron chi connectivity index (χ2n) is 2.22. The van der Waals surface area contributed by atoms with Crippen molar-refractivity contribution in [2.45, 2.75) is 0 Å². The lowest BCUT2D eigenvalue weighted by atomic mass is 10.2. The molecule has 0 aliphatic heterocycles. The summed E-state index contributed by atoms with van der Waals surface area (Å²) in [4.78, 5) is 1.19. The minimum absolute atomic E-state index is 0.883. The summed E-state index contributed by atoms with van der Waals surface area (Å²) in [5.74, 6) is 0. The predicted molar refractivity (Wildman–Crippen MR) is 52.0 cm³/mol. The molecule has 0 radical (unpaired) electrons. The van der Waals surface area contributed by atoms with Crippen molar-refractivity contribution in [3.63, 3.8) is 0 Å². The molecule has 2 N–H and O–H groups in total. The monoisotopic (exact) mass is 181 g/mol. The fourth-order valence-corrected chi connectivity index (χ4v) is 2.49. The topological polar surface area (TPSA) is 26.0 Å². The number of anilines is 1. The molecule has 11 heavy (non-hydrogen) atoms. The molecule has 0 saturated heterocycles. The number of thiophene rings is 2. The van der Waals surface area contributed by atoms with Gasteiger partial charge >= 0.3 is 0 Å². The van der Waals surface area contributed by atoms with Gasteiger partial charge in [0.1, 0.15) is 0 Å². The molecule has 1 nitrogen and oxygen atoms in total. The SMILES string of the molecule is Nc1ccsc1-c1ccsc1. The summed E-state index contributed by atoms with van der Waals surface area (Å²) in [6.45, 7) is 0. The lowest BCUT2D eigenvalue weighted by Crippen LogP contribution is -1.81. The lowest BCUT2D eigenvalue weighted by molar-refractivity contribution is 1.83. The summed E-state index contributed by atoms with van der Waals surface area (Å²) in [5.41, 5.74) is 7.87. The van der Waals surface area contributed by atoms with Crippen molar-refractivity contribution in [3.8, 4) is 10.4 Å². The Kier molecular flexibility index (Phi) is 1.68. The first-order chi connectivity index (χ1) is 5.38. The van der Waals surface area contributed by atoms with Crippen molar-refractivity contribution in [1.82, 2.24) is 0 Å². The molecule has 0 unspecified atom stereocenters. The average Bonchev–Trinajstić information content (AvgIpc) is 2.55. The van der Waals surface area contributed by atoms with Crippen molar-refractivity contribution >= 4 is 28.4 Å². The molecule has 0 fully saturated rings. The normalized spacial score (nSPS) is 10.2. The van der Waals surface area contributed by atoms with Crippen molar-refractivity contribution < 1.29 is 0 Å². The third kappa shape index (κ3) is 1.17. The Labute approximate surface area is 73.1 Å². The van der Waals surface area contributed by atoms with Crippen LogP contribution in [0, 0.1) is 0 Å². The Morgan fingerprint density at radius 1 is 1.18 bits per heavy atom. The standard InChI is InChI=1S/C8H7NS2/c9-7-2-4-11-8(7)6-1-3-10-5-6/h1-5H,9H2. The van der Waals surface area contributed by atoms with Crippen molar-refractivity contribution in [1.29, 1.82) is 0 Å². The molecule has 3 heteroatoms. The number of hydrogen-bond donors (Lipinski definition) is 1. The minimum Gasteiger partial charge on any atom is -0.398 e. The van der Waals surface area contributed by atoms with Gasteiger partial charge in [0, 0.05) is 5.56 Å². The molecule has 0 aliphatic carbocycles. The Morgan fingerprint density at radius 3 is 2.64 bits per heavy atom. The van der Waals surface area contributed by atoms with E-state index < -0.39 is 0 Å². The fraction of sp³-hybridized carbons (Fsp3) is 0. The van der Waals surface area contributed by atoms with Crippen molar-refractivity contribution in [2.24, 2.45) is 0 Å². The Bertz CT molecular complexity index is 335. The van der Waals surface area contributed by atoms with Crippen LogP contribution >= 0.6 is 22.7 Å². The van der Waals surface area contributed by atoms with Gasteiger partial charge in [-0.25, -0.2) is 0 Å². The third-order valence-corrected chi connectivity index (χ3v) is 3.14. The van der Waals surface area contributed by atoms with Crippen LogP contribution in [0.25, 0.3) is 10.4 Å². The maximum atomic E-state index is 5.75. The van der Waals surface area contributed by atoms with E-state index in [2.05, 4.69) is 16.8 Å². The van der Waals surface area contributed by atoms with Crippen LogP contribution in [0.3, 0.4) is 0 Å².